The Morgan fingerprint density at radius 2 is 0.878 bits per heavy atom. The summed E-state index contributed by atoms with van der Waals surface area (Å²) in [4.78, 5) is 0. The number of rotatable bonds is 39. The van der Waals surface area contributed by atoms with Crippen molar-refractivity contribution in [3.63, 3.8) is 0 Å². The van der Waals surface area contributed by atoms with Gasteiger partial charge in [0.05, 0.1) is 0 Å². The Balaban J connectivity index is 1.72. The smallest absolute Gasteiger partial charge is 0.0406 e. The Morgan fingerprint density at radius 1 is 0.392 bits per heavy atom. The third-order valence-corrected chi connectivity index (χ3v) is 18.0. The Morgan fingerprint density at radius 3 is 1.49 bits per heavy atom. The second kappa shape index (κ2) is 33.3. The number of benzene rings is 6. The fourth-order valence-electron chi connectivity index (χ4n) is 13.9. The molecule has 0 saturated carbocycles. The Bertz CT molecular complexity index is 2390. The van der Waals surface area contributed by atoms with E-state index >= 15 is 0 Å². The predicted molar refractivity (Wildman–Crippen MR) is 329 cm³/mol. The molecule has 6 aromatic carbocycles. The summed E-state index contributed by atoms with van der Waals surface area (Å²) in [5.41, 5.74) is 5.72. The minimum Gasteiger partial charge on any atom is -0.0843 e. The van der Waals surface area contributed by atoms with E-state index in [0.717, 1.165) is 17.4 Å². The molecular formula is C73H103Cl. The number of hydrogen-bond acceptors (Lipinski definition) is 0. The molecule has 0 N–H and O–H groups in total. The average molecular weight is 1020 g/mol. The third-order valence-electron chi connectivity index (χ3n) is 17.7. The summed E-state index contributed by atoms with van der Waals surface area (Å²) in [5, 5.41) is 6.43. The fourth-order valence-corrected chi connectivity index (χ4v) is 14.0. The lowest BCUT2D eigenvalue weighted by molar-refractivity contribution is 0.0624. The second-order valence-corrected chi connectivity index (χ2v) is 24.0. The highest BCUT2D eigenvalue weighted by atomic mass is 35.5. The molecule has 0 aromatic heterocycles. The molecular weight excluding hydrogens is 912 g/mol. The van der Waals surface area contributed by atoms with Gasteiger partial charge in [-0.1, -0.05) is 341 Å². The Hall–Kier alpha value is -3.87. The highest BCUT2D eigenvalue weighted by Crippen LogP contribution is 2.64. The standard InChI is InChI=1S/C73H103Cl/c1-6-9-12-15-17-19-24-36-56-72(67-53-50-62-42-32-33-44-65(62)59-67,66(58-61-40-28-26-29-41-61)46-30-23-20-22-27-39-60(4)5)73(57-37-25-18-16-13-10-7-2,71-49-38-45-63-43-34-35-47-69(63)71)70(48-31-21-14-11-8-3)64-51-54-68(74)55-52-64/h26,28-29,32-35,38,40-45,47,49-55,59-60,66,70H,6-25,27,30-31,36-37,39,46,48,56-58H2,1-5H3. The molecule has 6 aromatic rings. The van der Waals surface area contributed by atoms with Crippen molar-refractivity contribution in [1.29, 1.82) is 0 Å². The van der Waals surface area contributed by atoms with Gasteiger partial charge in [0, 0.05) is 15.9 Å². The SMILES string of the molecule is CCCCCCCCCCC(c1ccc2ccccc2c1)(C(CCCCCCCC(C)C)Cc1ccccc1)C(CCCCCCCCC)(c1cccc2ccccc12)C(CCCCCCC)c1ccc(Cl)cc1. The van der Waals surface area contributed by atoms with E-state index in [0.29, 0.717) is 5.92 Å². The molecule has 0 saturated heterocycles. The number of fused-ring (bicyclic) bond motifs is 2. The lowest BCUT2D eigenvalue weighted by atomic mass is 9.42. The summed E-state index contributed by atoms with van der Waals surface area (Å²) in [5.74, 6) is 1.47. The summed E-state index contributed by atoms with van der Waals surface area (Å²) < 4.78 is 0. The summed E-state index contributed by atoms with van der Waals surface area (Å²) in [6.45, 7) is 11.9. The van der Waals surface area contributed by atoms with Gasteiger partial charge in [0.15, 0.2) is 0 Å². The summed E-state index contributed by atoms with van der Waals surface area (Å²) >= 11 is 6.98. The van der Waals surface area contributed by atoms with Crippen molar-refractivity contribution in [3.8, 4) is 0 Å². The number of halogens is 1. The van der Waals surface area contributed by atoms with Crippen LogP contribution in [0.1, 0.15) is 255 Å². The van der Waals surface area contributed by atoms with Gasteiger partial charge in [0.2, 0.25) is 0 Å². The second-order valence-electron chi connectivity index (χ2n) is 23.6. The molecule has 0 heterocycles. The maximum absolute atomic E-state index is 6.98. The molecule has 0 nitrogen and oxygen atoms in total. The lowest BCUT2D eigenvalue weighted by Gasteiger charge is -2.60. The molecule has 0 bridgehead atoms. The maximum atomic E-state index is 6.98. The van der Waals surface area contributed by atoms with Crippen molar-refractivity contribution in [3.05, 3.63) is 167 Å². The normalized spacial score (nSPS) is 14.4. The molecule has 402 valence electrons. The topological polar surface area (TPSA) is 0 Å². The van der Waals surface area contributed by atoms with Gasteiger partial charge in [0.1, 0.15) is 0 Å². The molecule has 4 unspecified atom stereocenters. The molecule has 1 heteroatoms. The van der Waals surface area contributed by atoms with Crippen molar-refractivity contribution in [2.75, 3.05) is 0 Å². The molecule has 4 atom stereocenters. The monoisotopic (exact) mass is 1010 g/mol. The van der Waals surface area contributed by atoms with E-state index in [-0.39, 0.29) is 16.7 Å². The maximum Gasteiger partial charge on any atom is 0.0406 e. The van der Waals surface area contributed by atoms with Crippen LogP contribution in [-0.2, 0) is 17.3 Å². The molecule has 0 aliphatic rings. The van der Waals surface area contributed by atoms with Crippen molar-refractivity contribution < 1.29 is 0 Å². The van der Waals surface area contributed by atoms with Gasteiger partial charge in [-0.3, -0.25) is 0 Å². The van der Waals surface area contributed by atoms with Gasteiger partial charge >= 0.3 is 0 Å². The Labute approximate surface area is 459 Å². The van der Waals surface area contributed by atoms with Crippen LogP contribution in [0.5, 0.6) is 0 Å². The van der Waals surface area contributed by atoms with Crippen LogP contribution in [0, 0.1) is 11.8 Å². The van der Waals surface area contributed by atoms with Crippen LogP contribution in [0.15, 0.2) is 140 Å². The number of unbranched alkanes of at least 4 members (excludes halogenated alkanes) is 21. The Kier molecular flexibility index (Phi) is 26.7. The molecule has 0 radical (unpaired) electrons. The van der Waals surface area contributed by atoms with Gasteiger partial charge in [-0.2, -0.15) is 0 Å². The molecule has 0 fully saturated rings. The highest BCUT2D eigenvalue weighted by Gasteiger charge is 2.60. The van der Waals surface area contributed by atoms with E-state index < -0.39 is 0 Å². The van der Waals surface area contributed by atoms with E-state index in [1.165, 1.54) is 225 Å². The predicted octanol–water partition coefficient (Wildman–Crippen LogP) is 23.9. The first kappa shape index (κ1) is 59.4. The van der Waals surface area contributed by atoms with Crippen LogP contribution in [0.25, 0.3) is 21.5 Å². The van der Waals surface area contributed by atoms with Crippen LogP contribution in [0.3, 0.4) is 0 Å². The minimum atomic E-state index is -0.254. The van der Waals surface area contributed by atoms with E-state index in [1.807, 2.05) is 0 Å². The van der Waals surface area contributed by atoms with Crippen LogP contribution >= 0.6 is 11.6 Å². The minimum absolute atomic E-state index is 0.215. The van der Waals surface area contributed by atoms with Gasteiger partial charge in [-0.25, -0.2) is 0 Å². The van der Waals surface area contributed by atoms with E-state index in [1.54, 1.807) is 11.1 Å². The summed E-state index contributed by atoms with van der Waals surface area (Å²) in [6.07, 6.45) is 40.0. The van der Waals surface area contributed by atoms with Gasteiger partial charge in [0.25, 0.3) is 0 Å². The zero-order chi connectivity index (χ0) is 52.1. The molecule has 6 rings (SSSR count). The molecule has 0 spiro atoms. The van der Waals surface area contributed by atoms with Crippen molar-refractivity contribution in [2.45, 2.75) is 250 Å². The van der Waals surface area contributed by atoms with Crippen LogP contribution in [0.4, 0.5) is 0 Å². The summed E-state index contributed by atoms with van der Waals surface area (Å²) in [7, 11) is 0. The lowest BCUT2D eigenvalue weighted by Crippen LogP contribution is -2.58. The zero-order valence-electron chi connectivity index (χ0n) is 47.8. The van der Waals surface area contributed by atoms with E-state index in [4.69, 9.17) is 11.6 Å². The molecule has 0 aliphatic carbocycles. The largest absolute Gasteiger partial charge is 0.0843 e. The zero-order valence-corrected chi connectivity index (χ0v) is 48.6. The first-order chi connectivity index (χ1) is 36.4. The van der Waals surface area contributed by atoms with Gasteiger partial charge in [-0.15, -0.1) is 0 Å². The first-order valence-electron chi connectivity index (χ1n) is 31.1. The molecule has 74 heavy (non-hydrogen) atoms. The van der Waals surface area contributed by atoms with Gasteiger partial charge in [-0.05, 0) is 106 Å². The van der Waals surface area contributed by atoms with Crippen LogP contribution in [-0.4, -0.2) is 0 Å². The van der Waals surface area contributed by atoms with E-state index in [2.05, 4.69) is 174 Å². The van der Waals surface area contributed by atoms with Crippen molar-refractivity contribution in [1.82, 2.24) is 0 Å². The molecule has 0 amide bonds. The molecule has 0 aliphatic heterocycles. The summed E-state index contributed by atoms with van der Waals surface area (Å²) in [6, 6.07) is 55.6. The number of hydrogen-bond donors (Lipinski definition) is 0. The fraction of sp³-hybridized carbons (Fsp3) is 0.562. The van der Waals surface area contributed by atoms with Crippen molar-refractivity contribution >= 4 is 33.1 Å². The highest BCUT2D eigenvalue weighted by molar-refractivity contribution is 6.30. The van der Waals surface area contributed by atoms with Crippen LogP contribution in [0.2, 0.25) is 5.02 Å². The third kappa shape index (κ3) is 17.1. The quantitative estimate of drug-likeness (QED) is 0.0338. The van der Waals surface area contributed by atoms with Gasteiger partial charge < -0.3 is 0 Å². The van der Waals surface area contributed by atoms with E-state index in [9.17, 15) is 0 Å². The van der Waals surface area contributed by atoms with Crippen LogP contribution < -0.4 is 0 Å². The first-order valence-corrected chi connectivity index (χ1v) is 31.5. The average Bonchev–Trinajstić information content (AvgIpc) is 3.42. The van der Waals surface area contributed by atoms with Crippen molar-refractivity contribution in [2.24, 2.45) is 11.8 Å².